The molecule has 1 heterocycles. The van der Waals surface area contributed by atoms with Crippen molar-refractivity contribution in [1.29, 1.82) is 0 Å². The average Bonchev–Trinajstić information content (AvgIpc) is 3.12. The Kier molecular flexibility index (Phi) is 4.71. The summed E-state index contributed by atoms with van der Waals surface area (Å²) in [5, 5.41) is 11.2. The lowest BCUT2D eigenvalue weighted by molar-refractivity contribution is -0.387. The maximum absolute atomic E-state index is 12.9. The summed E-state index contributed by atoms with van der Waals surface area (Å²) >= 11 is 0. The summed E-state index contributed by atoms with van der Waals surface area (Å²) in [5.74, 6) is 0. The molecule has 142 valence electrons. The van der Waals surface area contributed by atoms with Gasteiger partial charge in [0.05, 0.1) is 4.92 Å². The Bertz CT molecular complexity index is 943. The molecular weight excluding hydrogens is 366 g/mol. The SMILES string of the molecule is O=[N+]([O-])c1ccccc1S(=O)(=O)N1CCN(C2Cc3ccccc3C2)CC1. The van der Waals surface area contributed by atoms with Gasteiger partial charge in [-0.1, -0.05) is 36.4 Å². The predicted octanol–water partition coefficient (Wildman–Crippen LogP) is 2.07. The standard InChI is InChI=1S/C19H21N3O4S/c23-22(24)18-7-3-4-8-19(18)27(25,26)21-11-9-20(10-12-21)17-13-15-5-1-2-6-16(15)14-17/h1-8,17H,9-14H2. The van der Waals surface area contributed by atoms with Crippen molar-refractivity contribution in [2.45, 2.75) is 23.8 Å². The van der Waals surface area contributed by atoms with Crippen molar-refractivity contribution in [3.63, 3.8) is 0 Å². The van der Waals surface area contributed by atoms with Crippen LogP contribution in [0.3, 0.4) is 0 Å². The maximum atomic E-state index is 12.9. The number of rotatable bonds is 4. The van der Waals surface area contributed by atoms with Crippen LogP contribution >= 0.6 is 0 Å². The van der Waals surface area contributed by atoms with Crippen LogP contribution in [0.4, 0.5) is 5.69 Å². The zero-order valence-corrected chi connectivity index (χ0v) is 15.6. The lowest BCUT2D eigenvalue weighted by atomic mass is 10.1. The first-order valence-corrected chi connectivity index (χ1v) is 10.5. The topological polar surface area (TPSA) is 83.8 Å². The van der Waals surface area contributed by atoms with Gasteiger partial charge < -0.3 is 0 Å². The molecule has 1 saturated heterocycles. The molecule has 0 spiro atoms. The van der Waals surface area contributed by atoms with Crippen LogP contribution in [0.5, 0.6) is 0 Å². The average molecular weight is 387 g/mol. The fraction of sp³-hybridized carbons (Fsp3) is 0.368. The van der Waals surface area contributed by atoms with Crippen LogP contribution in [-0.2, 0) is 22.9 Å². The first-order valence-electron chi connectivity index (χ1n) is 9.01. The number of fused-ring (bicyclic) bond motifs is 1. The van der Waals surface area contributed by atoms with Gasteiger partial charge in [-0.3, -0.25) is 15.0 Å². The second-order valence-electron chi connectivity index (χ2n) is 7.00. The highest BCUT2D eigenvalue weighted by molar-refractivity contribution is 7.89. The normalized spacial score (nSPS) is 19.1. The van der Waals surface area contributed by atoms with E-state index >= 15 is 0 Å². The van der Waals surface area contributed by atoms with Crippen LogP contribution in [0, 0.1) is 10.1 Å². The summed E-state index contributed by atoms with van der Waals surface area (Å²) in [7, 11) is -3.87. The van der Waals surface area contributed by atoms with Crippen molar-refractivity contribution in [2.24, 2.45) is 0 Å². The third-order valence-corrected chi connectivity index (χ3v) is 7.44. The van der Waals surface area contributed by atoms with E-state index in [9.17, 15) is 18.5 Å². The van der Waals surface area contributed by atoms with E-state index in [2.05, 4.69) is 29.2 Å². The number of hydrogen-bond donors (Lipinski definition) is 0. The molecule has 0 bridgehead atoms. The molecule has 2 aromatic carbocycles. The number of benzene rings is 2. The van der Waals surface area contributed by atoms with Gasteiger partial charge in [-0.05, 0) is 30.0 Å². The van der Waals surface area contributed by atoms with Gasteiger partial charge >= 0.3 is 0 Å². The van der Waals surface area contributed by atoms with Crippen molar-refractivity contribution < 1.29 is 13.3 Å². The van der Waals surface area contributed by atoms with E-state index in [1.54, 1.807) is 0 Å². The van der Waals surface area contributed by atoms with E-state index in [4.69, 9.17) is 0 Å². The van der Waals surface area contributed by atoms with Crippen LogP contribution in [0.25, 0.3) is 0 Å². The highest BCUT2D eigenvalue weighted by Gasteiger charge is 2.36. The molecule has 1 fully saturated rings. The molecular formula is C19H21N3O4S. The first kappa shape index (κ1) is 18.1. The van der Waals surface area contributed by atoms with Crippen LogP contribution < -0.4 is 0 Å². The summed E-state index contributed by atoms with van der Waals surface area (Å²) in [6.07, 6.45) is 1.99. The molecule has 0 unspecified atom stereocenters. The van der Waals surface area contributed by atoms with Crippen molar-refractivity contribution in [2.75, 3.05) is 26.2 Å². The van der Waals surface area contributed by atoms with Crippen LogP contribution in [0.15, 0.2) is 53.4 Å². The van der Waals surface area contributed by atoms with Gasteiger partial charge in [0.2, 0.25) is 10.0 Å². The van der Waals surface area contributed by atoms with Crippen LogP contribution in [-0.4, -0.2) is 54.8 Å². The van der Waals surface area contributed by atoms with Crippen molar-refractivity contribution >= 4 is 15.7 Å². The molecule has 0 radical (unpaired) electrons. The molecule has 0 saturated carbocycles. The largest absolute Gasteiger partial charge is 0.297 e. The monoisotopic (exact) mass is 387 g/mol. The Morgan fingerprint density at radius 3 is 2.04 bits per heavy atom. The summed E-state index contributed by atoms with van der Waals surface area (Å²) < 4.78 is 27.2. The second kappa shape index (κ2) is 7.03. The molecule has 4 rings (SSSR count). The molecule has 27 heavy (non-hydrogen) atoms. The van der Waals surface area contributed by atoms with Gasteiger partial charge in [0.1, 0.15) is 0 Å². The second-order valence-corrected chi connectivity index (χ2v) is 8.90. The minimum absolute atomic E-state index is 0.225. The number of piperazine rings is 1. The summed E-state index contributed by atoms with van der Waals surface area (Å²) in [5.41, 5.74) is 2.38. The number of nitro benzene ring substituents is 1. The van der Waals surface area contributed by atoms with Crippen molar-refractivity contribution in [1.82, 2.24) is 9.21 Å². The Labute approximate surface area is 158 Å². The maximum Gasteiger partial charge on any atom is 0.289 e. The number of para-hydroxylation sites is 1. The lowest BCUT2D eigenvalue weighted by Crippen LogP contribution is -2.52. The third-order valence-electron chi connectivity index (χ3n) is 5.50. The molecule has 0 amide bonds. The van der Waals surface area contributed by atoms with Crippen LogP contribution in [0.2, 0.25) is 0 Å². The Morgan fingerprint density at radius 2 is 1.44 bits per heavy atom. The van der Waals surface area contributed by atoms with E-state index in [1.165, 1.54) is 39.7 Å². The highest BCUT2D eigenvalue weighted by Crippen LogP contribution is 2.29. The molecule has 2 aromatic rings. The van der Waals surface area contributed by atoms with E-state index in [0.29, 0.717) is 32.2 Å². The van der Waals surface area contributed by atoms with Gasteiger partial charge in [0, 0.05) is 38.3 Å². The predicted molar refractivity (Wildman–Crippen MR) is 101 cm³/mol. The zero-order chi connectivity index (χ0) is 19.0. The third kappa shape index (κ3) is 3.36. The smallest absolute Gasteiger partial charge is 0.289 e. The summed E-state index contributed by atoms with van der Waals surface area (Å²) in [6.45, 7) is 1.97. The Balaban J connectivity index is 1.46. The minimum atomic E-state index is -3.87. The quantitative estimate of drug-likeness (QED) is 0.592. The lowest BCUT2D eigenvalue weighted by Gasteiger charge is -2.37. The van der Waals surface area contributed by atoms with Crippen LogP contribution in [0.1, 0.15) is 11.1 Å². The Hall–Kier alpha value is -2.29. The molecule has 2 aliphatic rings. The number of sulfonamides is 1. The van der Waals surface area contributed by atoms with Crippen molar-refractivity contribution in [3.8, 4) is 0 Å². The summed E-state index contributed by atoms with van der Waals surface area (Å²) in [4.78, 5) is 12.7. The van der Waals surface area contributed by atoms with Gasteiger partial charge in [-0.2, -0.15) is 4.31 Å². The van der Waals surface area contributed by atoms with Crippen molar-refractivity contribution in [3.05, 3.63) is 69.8 Å². The fourth-order valence-corrected chi connectivity index (χ4v) is 5.65. The van der Waals surface area contributed by atoms with Gasteiger partial charge in [-0.25, -0.2) is 8.42 Å². The highest BCUT2D eigenvalue weighted by atomic mass is 32.2. The molecule has 1 aliphatic heterocycles. The molecule has 7 nitrogen and oxygen atoms in total. The molecule has 0 atom stereocenters. The first-order chi connectivity index (χ1) is 13.0. The zero-order valence-electron chi connectivity index (χ0n) is 14.8. The van der Waals surface area contributed by atoms with Gasteiger partial charge in [-0.15, -0.1) is 0 Å². The summed E-state index contributed by atoms with van der Waals surface area (Å²) in [6, 6.07) is 14.4. The molecule has 0 aromatic heterocycles. The number of hydrogen-bond acceptors (Lipinski definition) is 5. The van der Waals surface area contributed by atoms with E-state index in [1.807, 2.05) is 0 Å². The number of nitro groups is 1. The fourth-order valence-electron chi connectivity index (χ4n) is 4.07. The van der Waals surface area contributed by atoms with Gasteiger partial charge in [0.15, 0.2) is 4.90 Å². The molecule has 8 heteroatoms. The minimum Gasteiger partial charge on any atom is -0.297 e. The Morgan fingerprint density at radius 1 is 0.889 bits per heavy atom. The molecule has 0 N–H and O–H groups in total. The number of nitrogens with zero attached hydrogens (tertiary/aromatic N) is 3. The van der Waals surface area contributed by atoms with E-state index < -0.39 is 14.9 Å². The molecule has 1 aliphatic carbocycles. The van der Waals surface area contributed by atoms with Gasteiger partial charge in [0.25, 0.3) is 5.69 Å². The van der Waals surface area contributed by atoms with E-state index in [-0.39, 0.29) is 10.6 Å². The van der Waals surface area contributed by atoms with E-state index in [0.717, 1.165) is 12.8 Å².